The lowest BCUT2D eigenvalue weighted by Crippen LogP contribution is -2.35. The summed E-state index contributed by atoms with van der Waals surface area (Å²) in [4.78, 5) is 23.9. The fourth-order valence-corrected chi connectivity index (χ4v) is 4.13. The number of aliphatic hydroxyl groups is 1. The van der Waals surface area contributed by atoms with Crippen molar-refractivity contribution in [2.45, 2.75) is 103 Å². The molecule has 2 aromatic rings. The van der Waals surface area contributed by atoms with E-state index in [1.54, 1.807) is 4.57 Å². The molecular formula is C27H42FN5O4. The molecule has 0 bridgehead atoms. The van der Waals surface area contributed by atoms with Gasteiger partial charge in [0, 0.05) is 20.1 Å². The van der Waals surface area contributed by atoms with Crippen LogP contribution in [0.3, 0.4) is 0 Å². The number of imidazole rings is 1. The second kappa shape index (κ2) is 16.9. The van der Waals surface area contributed by atoms with Crippen LogP contribution in [-0.2, 0) is 16.0 Å². The minimum Gasteiger partial charge on any atom is -0.449 e. The summed E-state index contributed by atoms with van der Waals surface area (Å²) in [5.41, 5.74) is -0.763. The summed E-state index contributed by atoms with van der Waals surface area (Å²) in [6.07, 6.45) is 20.1. The highest BCUT2D eigenvalue weighted by Crippen LogP contribution is 2.21. The van der Waals surface area contributed by atoms with Crippen molar-refractivity contribution in [2.24, 2.45) is 0 Å². The number of nitrogens with one attached hydrogen (secondary N) is 1. The van der Waals surface area contributed by atoms with Crippen LogP contribution in [0.15, 0.2) is 6.33 Å². The smallest absolute Gasteiger partial charge is 0.412 e. The van der Waals surface area contributed by atoms with Gasteiger partial charge in [-0.3, -0.25) is 5.32 Å². The highest BCUT2D eigenvalue weighted by Gasteiger charge is 2.27. The van der Waals surface area contributed by atoms with Crippen LogP contribution in [0.2, 0.25) is 0 Å². The molecule has 0 aliphatic heterocycles. The van der Waals surface area contributed by atoms with E-state index in [0.29, 0.717) is 0 Å². The van der Waals surface area contributed by atoms with Crippen LogP contribution in [0.25, 0.3) is 11.2 Å². The molecule has 0 fully saturated rings. The molecule has 1 amide bonds. The third-order valence-electron chi connectivity index (χ3n) is 6.55. The van der Waals surface area contributed by atoms with Gasteiger partial charge in [-0.25, -0.2) is 9.78 Å². The Hall–Kier alpha value is -2.77. The number of aliphatic hydroxyl groups excluding tert-OH is 1. The second-order valence-electron chi connectivity index (χ2n) is 9.35. The molecule has 0 saturated heterocycles. The summed E-state index contributed by atoms with van der Waals surface area (Å²) in [6.45, 7) is 2.41. The monoisotopic (exact) mass is 519 g/mol. The van der Waals surface area contributed by atoms with Gasteiger partial charge in [-0.05, 0) is 6.42 Å². The van der Waals surface area contributed by atoms with Gasteiger partial charge in [-0.15, -0.1) is 6.42 Å². The molecule has 2 rings (SSSR count). The molecule has 10 heteroatoms. The third kappa shape index (κ3) is 10.3. The van der Waals surface area contributed by atoms with Crippen LogP contribution in [-0.4, -0.2) is 56.6 Å². The Morgan fingerprint density at radius 3 is 2.30 bits per heavy atom. The standard InChI is InChI=1S/C27H42FN5O4/c1-4-6-7-8-9-10-11-12-13-14-15-16-19-37-26(35)31-23-22-24(32-25(28)30-23)33(21-29-22)18-17-27(5-2,20-34)36-3/h2,21,34H,4,6-20H2,1,3H3,(H,30,31,32,35)/t27-/m0/s1. The fraction of sp³-hybridized carbons (Fsp3) is 0.704. The zero-order valence-corrected chi connectivity index (χ0v) is 22.3. The molecule has 0 unspecified atom stereocenters. The quantitative estimate of drug-likeness (QED) is 0.141. The maximum absolute atomic E-state index is 14.1. The summed E-state index contributed by atoms with van der Waals surface area (Å²) in [7, 11) is 1.41. The van der Waals surface area contributed by atoms with E-state index >= 15 is 0 Å². The van der Waals surface area contributed by atoms with Crippen molar-refractivity contribution in [2.75, 3.05) is 25.6 Å². The average Bonchev–Trinajstić information content (AvgIpc) is 3.31. The van der Waals surface area contributed by atoms with Gasteiger partial charge < -0.3 is 19.1 Å². The zero-order valence-electron chi connectivity index (χ0n) is 22.3. The number of hydrogen-bond donors (Lipinski definition) is 2. The predicted octanol–water partition coefficient (Wildman–Crippen LogP) is 5.62. The molecule has 2 N–H and O–H groups in total. The van der Waals surface area contributed by atoms with E-state index in [0.717, 1.165) is 19.3 Å². The van der Waals surface area contributed by atoms with E-state index in [-0.39, 0.29) is 43.2 Å². The number of nitrogens with zero attached hydrogens (tertiary/aromatic N) is 4. The number of unbranched alkanes of at least 4 members (excludes halogenated alkanes) is 11. The molecule has 2 heterocycles. The highest BCUT2D eigenvalue weighted by atomic mass is 19.1. The van der Waals surface area contributed by atoms with Crippen LogP contribution in [0.4, 0.5) is 15.0 Å². The van der Waals surface area contributed by atoms with Gasteiger partial charge in [-0.2, -0.15) is 14.4 Å². The predicted molar refractivity (Wildman–Crippen MR) is 142 cm³/mol. The highest BCUT2D eigenvalue weighted by molar-refractivity contribution is 5.93. The largest absolute Gasteiger partial charge is 0.449 e. The first-order valence-electron chi connectivity index (χ1n) is 13.4. The molecule has 206 valence electrons. The maximum atomic E-state index is 14.1. The lowest BCUT2D eigenvalue weighted by Gasteiger charge is -2.24. The van der Waals surface area contributed by atoms with Crippen molar-refractivity contribution in [3.05, 3.63) is 12.4 Å². The summed E-state index contributed by atoms with van der Waals surface area (Å²) < 4.78 is 26.1. The van der Waals surface area contributed by atoms with Gasteiger partial charge in [0.05, 0.1) is 19.5 Å². The molecule has 0 spiro atoms. The fourth-order valence-electron chi connectivity index (χ4n) is 4.13. The number of aryl methyl sites for hydroxylation is 1. The molecule has 0 radical (unpaired) electrons. The van der Waals surface area contributed by atoms with E-state index in [2.05, 4.69) is 33.1 Å². The van der Waals surface area contributed by atoms with Crippen LogP contribution in [0.1, 0.15) is 90.4 Å². The van der Waals surface area contributed by atoms with Crippen LogP contribution >= 0.6 is 0 Å². The molecular weight excluding hydrogens is 477 g/mol. The van der Waals surface area contributed by atoms with Gasteiger partial charge in [0.1, 0.15) is 0 Å². The van der Waals surface area contributed by atoms with E-state index in [1.165, 1.54) is 71.2 Å². The second-order valence-corrected chi connectivity index (χ2v) is 9.35. The van der Waals surface area contributed by atoms with Crippen molar-refractivity contribution in [1.29, 1.82) is 0 Å². The van der Waals surface area contributed by atoms with Crippen molar-refractivity contribution < 1.29 is 23.8 Å². The SMILES string of the molecule is C#C[C@@](CO)(CCn1cnc2c(NC(=O)OCCCCCCCCCCCCCC)nc(F)nc21)OC. The molecule has 9 nitrogen and oxygen atoms in total. The molecule has 1 atom stereocenters. The minimum atomic E-state index is -1.17. The van der Waals surface area contributed by atoms with Crippen LogP contribution < -0.4 is 5.32 Å². The normalized spacial score (nSPS) is 12.8. The van der Waals surface area contributed by atoms with Crippen molar-refractivity contribution >= 4 is 23.1 Å². The van der Waals surface area contributed by atoms with Gasteiger partial charge in [0.15, 0.2) is 22.6 Å². The van der Waals surface area contributed by atoms with E-state index < -0.39 is 17.8 Å². The van der Waals surface area contributed by atoms with Crippen molar-refractivity contribution in [3.8, 4) is 12.3 Å². The number of rotatable bonds is 19. The van der Waals surface area contributed by atoms with E-state index in [4.69, 9.17) is 15.9 Å². The number of carbonyl (C=O) groups excluding carboxylic acids is 1. The topological polar surface area (TPSA) is 111 Å². The van der Waals surface area contributed by atoms with Crippen LogP contribution in [0.5, 0.6) is 0 Å². The number of fused-ring (bicyclic) bond motifs is 1. The summed E-state index contributed by atoms with van der Waals surface area (Å²) >= 11 is 0. The lowest BCUT2D eigenvalue weighted by atomic mass is 10.0. The number of methoxy groups -OCH3 is 1. The van der Waals surface area contributed by atoms with Gasteiger partial charge in [-0.1, -0.05) is 83.5 Å². The third-order valence-corrected chi connectivity index (χ3v) is 6.55. The summed E-state index contributed by atoms with van der Waals surface area (Å²) in [5, 5.41) is 12.0. The first-order chi connectivity index (χ1) is 18.0. The number of terminal acetylenes is 1. The number of ether oxygens (including phenoxy) is 2. The molecule has 37 heavy (non-hydrogen) atoms. The Kier molecular flexibility index (Phi) is 13.9. The Morgan fingerprint density at radius 1 is 1.11 bits per heavy atom. The number of aromatic nitrogens is 4. The van der Waals surface area contributed by atoms with Crippen molar-refractivity contribution in [3.63, 3.8) is 0 Å². The number of anilines is 1. The lowest BCUT2D eigenvalue weighted by molar-refractivity contribution is -0.0147. The van der Waals surface area contributed by atoms with E-state index in [1.807, 2.05) is 0 Å². The minimum absolute atomic E-state index is 0.0712. The number of amides is 1. The Bertz CT molecular complexity index is 987. The molecule has 0 aliphatic carbocycles. The molecule has 2 aromatic heterocycles. The van der Waals surface area contributed by atoms with Gasteiger partial charge >= 0.3 is 12.2 Å². The Morgan fingerprint density at radius 2 is 1.73 bits per heavy atom. The van der Waals surface area contributed by atoms with Crippen molar-refractivity contribution in [1.82, 2.24) is 19.5 Å². The summed E-state index contributed by atoms with van der Waals surface area (Å²) in [5.74, 6) is 2.37. The summed E-state index contributed by atoms with van der Waals surface area (Å²) in [6, 6.07) is 0. The van der Waals surface area contributed by atoms with Gasteiger partial charge in [0.25, 0.3) is 0 Å². The Labute approximate surface area is 219 Å². The number of carbonyl (C=O) groups is 1. The number of halogens is 1. The number of hydrogen-bond acceptors (Lipinski definition) is 7. The zero-order chi connectivity index (χ0) is 26.9. The van der Waals surface area contributed by atoms with E-state index in [9.17, 15) is 14.3 Å². The molecule has 0 saturated carbocycles. The first-order valence-corrected chi connectivity index (χ1v) is 13.4. The molecule has 0 aliphatic rings. The van der Waals surface area contributed by atoms with Crippen LogP contribution in [0, 0.1) is 18.4 Å². The Balaban J connectivity index is 1.72. The molecule has 0 aromatic carbocycles. The average molecular weight is 520 g/mol. The maximum Gasteiger partial charge on any atom is 0.412 e. The first kappa shape index (κ1) is 30.5. The van der Waals surface area contributed by atoms with Gasteiger partial charge in [0.2, 0.25) is 0 Å².